The van der Waals surface area contributed by atoms with Gasteiger partial charge in [0.05, 0.1) is 0 Å². The third kappa shape index (κ3) is 3.49. The summed E-state index contributed by atoms with van der Waals surface area (Å²) in [6.45, 7) is 2.21. The average Bonchev–Trinajstić information content (AvgIpc) is 2.85. The van der Waals surface area contributed by atoms with Gasteiger partial charge >= 0.3 is 6.00 Å². The van der Waals surface area contributed by atoms with Crippen LogP contribution in [0.3, 0.4) is 0 Å². The van der Waals surface area contributed by atoms with Gasteiger partial charge in [0.1, 0.15) is 0 Å². The average molecular weight is 384 g/mol. The van der Waals surface area contributed by atoms with Crippen molar-refractivity contribution in [2.24, 2.45) is 0 Å². The molecule has 0 saturated heterocycles. The number of hydrogen-bond acceptors (Lipinski definition) is 0. The van der Waals surface area contributed by atoms with E-state index < -0.39 is 6.00 Å². The van der Waals surface area contributed by atoms with Gasteiger partial charge in [-0.1, -0.05) is 74.7 Å². The molecule has 23 heavy (non-hydrogen) atoms. The van der Waals surface area contributed by atoms with Crippen LogP contribution >= 0.6 is 33.2 Å². The van der Waals surface area contributed by atoms with Gasteiger partial charge in [0.25, 0.3) is 0 Å². The number of fused-ring (bicyclic) bond motifs is 3. The van der Waals surface area contributed by atoms with Gasteiger partial charge in [-0.3, -0.25) is 0 Å². The Balaban J connectivity index is 2.05. The second kappa shape index (κ2) is 7.19. The van der Waals surface area contributed by atoms with Crippen molar-refractivity contribution >= 4 is 39.2 Å². The number of rotatable bonds is 6. The predicted molar refractivity (Wildman–Crippen MR) is 105 cm³/mol. The standard InChI is InChI=1S/C19H21Cl3Si/c1-2-3-4-13-18(23(20,21)22)19-16-11-7-5-9-14(16)15-10-6-8-12-17(15)19/h5-12,18-19H,2-4,13H2,1H3. The lowest BCUT2D eigenvalue weighted by molar-refractivity contribution is 0.596. The Hall–Kier alpha value is -0.473. The molecule has 0 N–H and O–H groups in total. The van der Waals surface area contributed by atoms with Gasteiger partial charge in [0.2, 0.25) is 0 Å². The summed E-state index contributed by atoms with van der Waals surface area (Å²) in [6.07, 6.45) is 4.50. The van der Waals surface area contributed by atoms with Crippen LogP contribution in [0.2, 0.25) is 5.54 Å². The van der Waals surface area contributed by atoms with Crippen LogP contribution in [0.1, 0.15) is 49.7 Å². The molecule has 2 aromatic rings. The molecule has 0 fully saturated rings. The maximum absolute atomic E-state index is 6.56. The van der Waals surface area contributed by atoms with Gasteiger partial charge in [-0.2, -0.15) is 0 Å². The maximum atomic E-state index is 6.56. The van der Waals surface area contributed by atoms with Gasteiger partial charge in [0.15, 0.2) is 0 Å². The van der Waals surface area contributed by atoms with E-state index in [4.69, 9.17) is 33.2 Å². The number of halogens is 3. The minimum absolute atomic E-state index is 0.129. The molecule has 0 radical (unpaired) electrons. The van der Waals surface area contributed by atoms with Crippen LogP contribution in [0, 0.1) is 0 Å². The van der Waals surface area contributed by atoms with Crippen molar-refractivity contribution in [1.82, 2.24) is 0 Å². The summed E-state index contributed by atoms with van der Waals surface area (Å²) in [6, 6.07) is 14.4. The molecular formula is C19H21Cl3Si. The maximum Gasteiger partial charge on any atom is 0.345 e. The van der Waals surface area contributed by atoms with Crippen molar-refractivity contribution in [1.29, 1.82) is 0 Å². The third-order valence-corrected chi connectivity index (χ3v) is 8.81. The quantitative estimate of drug-likeness (QED) is 0.277. The molecule has 3 rings (SSSR count). The Morgan fingerprint density at radius 1 is 0.870 bits per heavy atom. The number of unbranched alkanes of at least 4 members (excludes halogenated alkanes) is 2. The Labute approximate surface area is 153 Å². The highest BCUT2D eigenvalue weighted by atomic mass is 35.8. The highest BCUT2D eigenvalue weighted by Gasteiger charge is 2.45. The van der Waals surface area contributed by atoms with E-state index in [0.717, 1.165) is 12.8 Å². The first-order valence-electron chi connectivity index (χ1n) is 8.29. The highest BCUT2D eigenvalue weighted by Crippen LogP contribution is 2.56. The minimum atomic E-state index is -2.82. The van der Waals surface area contributed by atoms with E-state index in [0.29, 0.717) is 0 Å². The lowest BCUT2D eigenvalue weighted by Crippen LogP contribution is -2.26. The Morgan fingerprint density at radius 3 is 1.87 bits per heavy atom. The van der Waals surface area contributed by atoms with Crippen molar-refractivity contribution in [3.05, 3.63) is 59.7 Å². The van der Waals surface area contributed by atoms with Crippen LogP contribution in [-0.4, -0.2) is 6.00 Å². The van der Waals surface area contributed by atoms with E-state index in [1.165, 1.54) is 35.1 Å². The van der Waals surface area contributed by atoms with E-state index in [1.54, 1.807) is 0 Å². The fraction of sp³-hybridized carbons (Fsp3) is 0.368. The Bertz CT molecular complexity index is 633. The van der Waals surface area contributed by atoms with E-state index in [9.17, 15) is 0 Å². The summed E-state index contributed by atoms with van der Waals surface area (Å²) < 4.78 is 0. The zero-order valence-electron chi connectivity index (χ0n) is 13.2. The number of hydrogen-bond donors (Lipinski definition) is 0. The highest BCUT2D eigenvalue weighted by molar-refractivity contribution is 7.65. The fourth-order valence-corrected chi connectivity index (χ4v) is 7.15. The van der Waals surface area contributed by atoms with Crippen molar-refractivity contribution < 1.29 is 0 Å². The molecular weight excluding hydrogens is 363 g/mol. The largest absolute Gasteiger partial charge is 0.345 e. The molecule has 0 saturated carbocycles. The third-order valence-electron chi connectivity index (χ3n) is 4.82. The van der Waals surface area contributed by atoms with Crippen molar-refractivity contribution in [2.75, 3.05) is 0 Å². The smallest absolute Gasteiger partial charge is 0.126 e. The van der Waals surface area contributed by atoms with E-state index in [2.05, 4.69) is 55.5 Å². The fourth-order valence-electron chi connectivity index (χ4n) is 3.76. The van der Waals surface area contributed by atoms with Crippen LogP contribution in [0.15, 0.2) is 48.5 Å². The van der Waals surface area contributed by atoms with Gasteiger partial charge in [0, 0.05) is 11.5 Å². The summed E-state index contributed by atoms with van der Waals surface area (Å²) in [5.74, 6) is 0.221. The molecule has 1 unspecified atom stereocenters. The summed E-state index contributed by atoms with van der Waals surface area (Å²) in [7, 11) is 0. The van der Waals surface area contributed by atoms with Gasteiger partial charge < -0.3 is 0 Å². The Kier molecular flexibility index (Phi) is 5.42. The first-order valence-corrected chi connectivity index (χ1v) is 13.4. The molecule has 0 heterocycles. The summed E-state index contributed by atoms with van der Waals surface area (Å²) >= 11 is 19.7. The minimum Gasteiger partial charge on any atom is -0.126 e. The van der Waals surface area contributed by atoms with Gasteiger partial charge in [-0.25, -0.2) is 0 Å². The molecule has 0 bridgehead atoms. The van der Waals surface area contributed by atoms with Gasteiger partial charge in [-0.15, -0.1) is 33.2 Å². The van der Waals surface area contributed by atoms with Crippen molar-refractivity contribution in [3.63, 3.8) is 0 Å². The molecule has 0 amide bonds. The molecule has 2 aromatic carbocycles. The van der Waals surface area contributed by atoms with Crippen LogP contribution in [-0.2, 0) is 0 Å². The lowest BCUT2D eigenvalue weighted by Gasteiger charge is -2.30. The molecule has 1 atom stereocenters. The van der Waals surface area contributed by atoms with Crippen molar-refractivity contribution in [3.8, 4) is 11.1 Å². The summed E-state index contributed by atoms with van der Waals surface area (Å²) in [5.41, 5.74) is 5.39. The number of benzene rings is 2. The van der Waals surface area contributed by atoms with Crippen LogP contribution in [0.25, 0.3) is 11.1 Å². The second-order valence-electron chi connectivity index (χ2n) is 6.30. The Morgan fingerprint density at radius 2 is 1.39 bits per heavy atom. The van der Waals surface area contributed by atoms with Crippen molar-refractivity contribution in [2.45, 2.75) is 44.1 Å². The molecule has 4 heteroatoms. The van der Waals surface area contributed by atoms with Gasteiger partial charge in [-0.05, 0) is 28.7 Å². The lowest BCUT2D eigenvalue weighted by atomic mass is 9.90. The first kappa shape index (κ1) is 17.4. The van der Waals surface area contributed by atoms with E-state index in [1.807, 2.05) is 0 Å². The predicted octanol–water partition coefficient (Wildman–Crippen LogP) is 7.40. The SMILES string of the molecule is CCCCCC(C1c2ccccc2-c2ccccc21)[Si](Cl)(Cl)Cl. The summed E-state index contributed by atoms with van der Waals surface area (Å²) in [5, 5.41) is 0. The monoisotopic (exact) mass is 382 g/mol. The molecule has 122 valence electrons. The molecule has 1 aliphatic carbocycles. The molecule has 0 nitrogen and oxygen atoms in total. The molecule has 1 aliphatic rings. The zero-order chi connectivity index (χ0) is 16.4. The zero-order valence-corrected chi connectivity index (χ0v) is 16.5. The molecule has 0 aliphatic heterocycles. The first-order chi connectivity index (χ1) is 11.0. The normalized spacial score (nSPS) is 15.3. The van der Waals surface area contributed by atoms with Crippen LogP contribution in [0.4, 0.5) is 0 Å². The van der Waals surface area contributed by atoms with E-state index >= 15 is 0 Å². The second-order valence-corrected chi connectivity index (χ2v) is 15.2. The van der Waals surface area contributed by atoms with Crippen LogP contribution in [0.5, 0.6) is 0 Å². The molecule has 0 spiro atoms. The topological polar surface area (TPSA) is 0 Å². The van der Waals surface area contributed by atoms with E-state index in [-0.39, 0.29) is 11.5 Å². The van der Waals surface area contributed by atoms with Crippen LogP contribution < -0.4 is 0 Å². The summed E-state index contributed by atoms with van der Waals surface area (Å²) in [4.78, 5) is 0. The molecule has 0 aromatic heterocycles.